The van der Waals surface area contributed by atoms with E-state index in [9.17, 15) is 0 Å². The van der Waals surface area contributed by atoms with Gasteiger partial charge in [0.2, 0.25) is 0 Å². The van der Waals surface area contributed by atoms with Crippen LogP contribution in [-0.2, 0) is 28.1 Å². The van der Waals surface area contributed by atoms with Gasteiger partial charge in [-0.05, 0) is 35.2 Å². The number of rotatable bonds is 5. The van der Waals surface area contributed by atoms with Gasteiger partial charge in [0.15, 0.2) is 0 Å². The van der Waals surface area contributed by atoms with Crippen LogP contribution in [0.25, 0.3) is 0 Å². The Hall–Kier alpha value is 1.67. The maximum absolute atomic E-state index is 2.26. The molecule has 1 aromatic rings. The van der Waals surface area contributed by atoms with Gasteiger partial charge in [-0.3, -0.25) is 0 Å². The van der Waals surface area contributed by atoms with Crippen LogP contribution in [-0.4, -0.2) is 37.7 Å². The zero-order chi connectivity index (χ0) is 7.94. The first kappa shape index (κ1) is 17.1. The summed E-state index contributed by atoms with van der Waals surface area (Å²) < 4.78 is 0. The van der Waals surface area contributed by atoms with E-state index >= 15 is 0 Å². The van der Waals surface area contributed by atoms with Gasteiger partial charge in [-0.1, -0.05) is 26.2 Å². The van der Waals surface area contributed by atoms with Crippen molar-refractivity contribution in [3.8, 4) is 0 Å². The van der Waals surface area contributed by atoms with E-state index < -0.39 is 0 Å². The van der Waals surface area contributed by atoms with Gasteiger partial charge in [-0.2, -0.15) is 11.3 Å². The largest absolute Gasteiger partial charge is 2.00 e. The third-order valence-corrected chi connectivity index (χ3v) is 2.63. The Balaban J connectivity index is -0.000000151. The molecule has 0 saturated heterocycles. The number of hydrogen-bond donors (Lipinski definition) is 0. The second-order valence-corrected chi connectivity index (χ2v) is 3.72. The van der Waals surface area contributed by atoms with Gasteiger partial charge in [0, 0.05) is 21.7 Å². The maximum Gasteiger partial charge on any atom is 2.00 e. The first-order chi connectivity index (χ1) is 5.43. The van der Waals surface area contributed by atoms with Crippen LogP contribution < -0.4 is 0 Å². The molecule has 13 heavy (non-hydrogen) atoms. The molecule has 0 spiro atoms. The molecule has 0 atom stereocenters. The van der Waals surface area contributed by atoms with E-state index in [0.717, 1.165) is 0 Å². The minimum absolute atomic E-state index is 0. The van der Waals surface area contributed by atoms with Gasteiger partial charge in [-0.15, -0.1) is 0 Å². The van der Waals surface area contributed by atoms with E-state index in [0.29, 0.717) is 0 Å². The fourth-order valence-corrected chi connectivity index (χ4v) is 1.89. The number of hydrogen-bond acceptors (Lipinski definition) is 1. The molecule has 1 heterocycles. The molecule has 1 rings (SSSR count). The average molecular weight is 258 g/mol. The Morgan fingerprint density at radius 2 is 2.08 bits per heavy atom. The number of aryl methyl sites for hydroxylation is 1. The summed E-state index contributed by atoms with van der Waals surface area (Å²) in [6.07, 6.45) is 6.77. The smallest absolute Gasteiger partial charge is 1.00 e. The predicted octanol–water partition coefficient (Wildman–Crippen LogP) is 3.71. The van der Waals surface area contributed by atoms with Crippen molar-refractivity contribution in [2.45, 2.75) is 39.0 Å². The first-order valence-corrected chi connectivity index (χ1v) is 5.39. The SMILES string of the molecule is CCCCCCc1ccsc1.[Ca+2].[H-].[H-].[Ti]. The van der Waals surface area contributed by atoms with E-state index in [4.69, 9.17) is 0 Å². The average Bonchev–Trinajstić information content (AvgIpc) is 2.50. The summed E-state index contributed by atoms with van der Waals surface area (Å²) in [5.41, 5.74) is 1.52. The fourth-order valence-electron chi connectivity index (χ4n) is 1.19. The van der Waals surface area contributed by atoms with Crippen LogP contribution in [0.3, 0.4) is 0 Å². The van der Waals surface area contributed by atoms with Crippen LogP contribution in [0.4, 0.5) is 0 Å². The van der Waals surface area contributed by atoms with Crippen molar-refractivity contribution >= 4 is 49.1 Å². The molecule has 1 aromatic heterocycles. The number of thiophene rings is 1. The first-order valence-electron chi connectivity index (χ1n) is 4.44. The van der Waals surface area contributed by atoms with Gasteiger partial charge in [0.25, 0.3) is 0 Å². The van der Waals surface area contributed by atoms with Crippen molar-refractivity contribution < 1.29 is 24.6 Å². The minimum Gasteiger partial charge on any atom is -1.00 e. The van der Waals surface area contributed by atoms with Crippen LogP contribution >= 0.6 is 11.3 Å². The minimum atomic E-state index is 0. The quantitative estimate of drug-likeness (QED) is 0.558. The molecule has 70 valence electrons. The van der Waals surface area contributed by atoms with Crippen molar-refractivity contribution in [1.82, 2.24) is 0 Å². The van der Waals surface area contributed by atoms with Crippen LogP contribution in [0, 0.1) is 0 Å². The van der Waals surface area contributed by atoms with Gasteiger partial charge in [-0.25, -0.2) is 0 Å². The van der Waals surface area contributed by atoms with E-state index in [1.165, 1.54) is 37.7 Å². The molecule has 0 nitrogen and oxygen atoms in total. The van der Waals surface area contributed by atoms with Crippen LogP contribution in [0.15, 0.2) is 16.8 Å². The fraction of sp³-hybridized carbons (Fsp3) is 0.600. The van der Waals surface area contributed by atoms with Crippen LogP contribution in [0.2, 0.25) is 0 Å². The summed E-state index contributed by atoms with van der Waals surface area (Å²) in [7, 11) is 0. The third kappa shape index (κ3) is 8.65. The zero-order valence-corrected chi connectivity index (χ0v) is 13.0. The van der Waals surface area contributed by atoms with E-state index in [1.54, 1.807) is 11.3 Å². The van der Waals surface area contributed by atoms with Crippen molar-refractivity contribution in [2.75, 3.05) is 0 Å². The Morgan fingerprint density at radius 1 is 1.31 bits per heavy atom. The summed E-state index contributed by atoms with van der Waals surface area (Å²) in [6, 6.07) is 2.23. The molecule has 0 unspecified atom stereocenters. The monoisotopic (exact) mass is 258 g/mol. The third-order valence-electron chi connectivity index (χ3n) is 1.90. The Kier molecular flexibility index (Phi) is 15.4. The standard InChI is InChI=1S/C10H16S.Ca.Ti.2H/c1-2-3-4-5-6-10-7-8-11-9-10;;;;/h7-9H,2-6H2,1H3;;;;/q;+2;;2*-1. The molecular weight excluding hydrogens is 240 g/mol. The van der Waals surface area contributed by atoms with Gasteiger partial charge >= 0.3 is 37.7 Å². The molecule has 0 saturated carbocycles. The second kappa shape index (κ2) is 11.7. The molecule has 0 N–H and O–H groups in total. The molecule has 0 aromatic carbocycles. The summed E-state index contributed by atoms with van der Waals surface area (Å²) in [5.74, 6) is 0. The van der Waals surface area contributed by atoms with Crippen LogP contribution in [0.5, 0.6) is 0 Å². The molecule has 0 aliphatic heterocycles. The Morgan fingerprint density at radius 3 is 2.62 bits per heavy atom. The number of unbranched alkanes of at least 4 members (excludes halogenated alkanes) is 3. The van der Waals surface area contributed by atoms with E-state index in [2.05, 4.69) is 23.8 Å². The van der Waals surface area contributed by atoms with E-state index in [1.807, 2.05) is 0 Å². The second-order valence-electron chi connectivity index (χ2n) is 2.94. The molecule has 0 fully saturated rings. The maximum atomic E-state index is 2.26. The summed E-state index contributed by atoms with van der Waals surface area (Å²) in [6.45, 7) is 2.25. The molecule has 3 heteroatoms. The Bertz CT molecular complexity index is 184. The van der Waals surface area contributed by atoms with Gasteiger partial charge in [0.05, 0.1) is 0 Å². The molecular formula is C10H18CaSTi. The predicted molar refractivity (Wildman–Crippen MR) is 60.1 cm³/mol. The molecule has 0 aliphatic rings. The molecule has 0 bridgehead atoms. The summed E-state index contributed by atoms with van der Waals surface area (Å²) >= 11 is 1.80. The zero-order valence-electron chi connectivity index (χ0n) is 10.4. The van der Waals surface area contributed by atoms with Gasteiger partial charge < -0.3 is 2.85 Å². The summed E-state index contributed by atoms with van der Waals surface area (Å²) in [5, 5.41) is 4.42. The Labute approximate surface area is 133 Å². The molecule has 0 radical (unpaired) electrons. The van der Waals surface area contributed by atoms with Crippen LogP contribution in [0.1, 0.15) is 41.0 Å². The topological polar surface area (TPSA) is 0 Å². The van der Waals surface area contributed by atoms with Crippen molar-refractivity contribution in [2.24, 2.45) is 0 Å². The van der Waals surface area contributed by atoms with Gasteiger partial charge in [0.1, 0.15) is 0 Å². The van der Waals surface area contributed by atoms with Crippen molar-refractivity contribution in [1.29, 1.82) is 0 Å². The van der Waals surface area contributed by atoms with Crippen molar-refractivity contribution in [3.63, 3.8) is 0 Å². The molecule has 0 aliphatic carbocycles. The molecule has 0 amide bonds. The van der Waals surface area contributed by atoms with E-state index in [-0.39, 0.29) is 62.3 Å². The normalized spacial score (nSPS) is 8.69. The van der Waals surface area contributed by atoms with Crippen molar-refractivity contribution in [3.05, 3.63) is 22.4 Å². The summed E-state index contributed by atoms with van der Waals surface area (Å²) in [4.78, 5) is 0.